The Morgan fingerprint density at radius 3 is 2.64 bits per heavy atom. The molecule has 3 rings (SSSR count). The topological polar surface area (TPSA) is 81.7 Å². The molecule has 1 N–H and O–H groups in total. The number of hydrogen-bond donors (Lipinski definition) is 1. The summed E-state index contributed by atoms with van der Waals surface area (Å²) in [7, 11) is 0. The Bertz CT molecular complexity index is 878. The van der Waals surface area contributed by atoms with Crippen molar-refractivity contribution < 1.29 is 23.9 Å². The number of rotatable bonds is 7. The van der Waals surface area contributed by atoms with Crippen LogP contribution >= 0.6 is 0 Å². The summed E-state index contributed by atoms with van der Waals surface area (Å²) in [5.41, 5.74) is 1.66. The molecule has 146 valence electrons. The minimum Gasteiger partial charge on any atom is -0.482 e. The van der Waals surface area contributed by atoms with E-state index in [2.05, 4.69) is 5.32 Å². The second kappa shape index (κ2) is 8.69. The molecule has 1 aliphatic rings. The number of ether oxygens (including phenoxy) is 2. The average molecular weight is 381 g/mol. The van der Waals surface area contributed by atoms with E-state index in [1.54, 1.807) is 12.1 Å². The number of esters is 1. The van der Waals surface area contributed by atoms with Gasteiger partial charge in [-0.3, -0.25) is 14.4 Å². The largest absolute Gasteiger partial charge is 0.482 e. The molecular formula is C22H23NO5. The van der Waals surface area contributed by atoms with Gasteiger partial charge in [-0.2, -0.15) is 0 Å². The minimum absolute atomic E-state index is 0.0472. The Balaban J connectivity index is 1.68. The molecule has 2 atom stereocenters. The fraction of sp³-hybridized carbons (Fsp3) is 0.318. The maximum absolute atomic E-state index is 12.7. The SMILES string of the molecule is CC[C@H](C)[C@@H](C(=O)OCC(=O)c1ccc2c(c1)NC(=O)CO2)c1ccccc1. The van der Waals surface area contributed by atoms with Gasteiger partial charge in [-0.15, -0.1) is 0 Å². The first kappa shape index (κ1) is 19.6. The second-order valence-electron chi connectivity index (χ2n) is 6.85. The summed E-state index contributed by atoms with van der Waals surface area (Å²) in [4.78, 5) is 36.6. The third kappa shape index (κ3) is 4.39. The highest BCUT2D eigenvalue weighted by Crippen LogP contribution is 2.30. The average Bonchev–Trinajstić information content (AvgIpc) is 2.72. The van der Waals surface area contributed by atoms with E-state index in [0.717, 1.165) is 12.0 Å². The molecule has 6 nitrogen and oxygen atoms in total. The van der Waals surface area contributed by atoms with E-state index in [9.17, 15) is 14.4 Å². The summed E-state index contributed by atoms with van der Waals surface area (Å²) in [6, 6.07) is 14.2. The summed E-state index contributed by atoms with van der Waals surface area (Å²) in [5, 5.41) is 2.66. The lowest BCUT2D eigenvalue weighted by atomic mass is 9.85. The quantitative estimate of drug-likeness (QED) is 0.586. The lowest BCUT2D eigenvalue weighted by Gasteiger charge is -2.22. The van der Waals surface area contributed by atoms with Gasteiger partial charge in [0.1, 0.15) is 5.75 Å². The molecule has 0 spiro atoms. The Morgan fingerprint density at radius 2 is 1.93 bits per heavy atom. The van der Waals surface area contributed by atoms with Crippen molar-refractivity contribution in [3.63, 3.8) is 0 Å². The maximum atomic E-state index is 12.7. The maximum Gasteiger partial charge on any atom is 0.314 e. The van der Waals surface area contributed by atoms with Gasteiger partial charge >= 0.3 is 5.97 Å². The van der Waals surface area contributed by atoms with Gasteiger partial charge < -0.3 is 14.8 Å². The zero-order chi connectivity index (χ0) is 20.1. The summed E-state index contributed by atoms with van der Waals surface area (Å²) >= 11 is 0. The number of nitrogens with one attached hydrogen (secondary N) is 1. The fourth-order valence-electron chi connectivity index (χ4n) is 3.16. The molecule has 1 aliphatic heterocycles. The predicted molar refractivity (Wildman–Crippen MR) is 104 cm³/mol. The first-order valence-corrected chi connectivity index (χ1v) is 9.31. The molecule has 0 unspecified atom stereocenters. The lowest BCUT2D eigenvalue weighted by molar-refractivity contribution is -0.145. The van der Waals surface area contributed by atoms with E-state index < -0.39 is 11.9 Å². The zero-order valence-electron chi connectivity index (χ0n) is 15.9. The highest BCUT2D eigenvalue weighted by molar-refractivity contribution is 6.01. The smallest absolute Gasteiger partial charge is 0.314 e. The molecule has 6 heteroatoms. The first-order chi connectivity index (χ1) is 13.5. The van der Waals surface area contributed by atoms with Crippen LogP contribution in [-0.2, 0) is 14.3 Å². The van der Waals surface area contributed by atoms with E-state index in [4.69, 9.17) is 9.47 Å². The Kier molecular flexibility index (Phi) is 6.09. The summed E-state index contributed by atoms with van der Waals surface area (Å²) in [5.74, 6) is -0.858. The van der Waals surface area contributed by atoms with Crippen LogP contribution in [0.2, 0.25) is 0 Å². The molecule has 0 bridgehead atoms. The van der Waals surface area contributed by atoms with Gasteiger partial charge in [0.2, 0.25) is 0 Å². The summed E-state index contributed by atoms with van der Waals surface area (Å²) in [6.07, 6.45) is 0.813. The standard InChI is InChI=1S/C22H23NO5/c1-3-14(2)21(15-7-5-4-6-8-15)22(26)28-12-18(24)16-9-10-19-17(11-16)23-20(25)13-27-19/h4-11,14,21H,3,12-13H2,1-2H3,(H,23,25)/t14-,21+/m0/s1. The van der Waals surface area contributed by atoms with E-state index in [-0.39, 0.29) is 30.8 Å². The number of fused-ring (bicyclic) bond motifs is 1. The number of benzene rings is 2. The van der Waals surface area contributed by atoms with Gasteiger partial charge in [0.05, 0.1) is 11.6 Å². The third-order valence-electron chi connectivity index (χ3n) is 4.91. The van der Waals surface area contributed by atoms with Gasteiger partial charge in [-0.05, 0) is 29.7 Å². The van der Waals surface area contributed by atoms with E-state index in [1.165, 1.54) is 6.07 Å². The molecule has 0 saturated heterocycles. The first-order valence-electron chi connectivity index (χ1n) is 9.31. The molecule has 0 radical (unpaired) electrons. The highest BCUT2D eigenvalue weighted by Gasteiger charge is 2.28. The number of Topliss-reactive ketones (excluding diaryl/α,β-unsaturated/α-hetero) is 1. The lowest BCUT2D eigenvalue weighted by Crippen LogP contribution is -2.26. The van der Waals surface area contributed by atoms with E-state index in [1.807, 2.05) is 44.2 Å². The molecule has 2 aromatic rings. The van der Waals surface area contributed by atoms with Gasteiger partial charge in [0, 0.05) is 5.56 Å². The van der Waals surface area contributed by atoms with Crippen molar-refractivity contribution in [2.24, 2.45) is 5.92 Å². The molecule has 0 saturated carbocycles. The zero-order valence-corrected chi connectivity index (χ0v) is 15.9. The molecule has 1 amide bonds. The van der Waals surface area contributed by atoms with Crippen LogP contribution < -0.4 is 10.1 Å². The molecule has 0 aromatic heterocycles. The van der Waals surface area contributed by atoms with Gasteiger partial charge in [-0.1, -0.05) is 50.6 Å². The number of carbonyl (C=O) groups is 3. The Morgan fingerprint density at radius 1 is 1.18 bits per heavy atom. The van der Waals surface area contributed by atoms with Crippen molar-refractivity contribution in [2.45, 2.75) is 26.2 Å². The minimum atomic E-state index is -0.421. The van der Waals surface area contributed by atoms with Crippen molar-refractivity contribution in [3.05, 3.63) is 59.7 Å². The summed E-state index contributed by atoms with van der Waals surface area (Å²) < 4.78 is 10.6. The second-order valence-corrected chi connectivity index (χ2v) is 6.85. The molecule has 2 aromatic carbocycles. The Labute approximate surface area is 163 Å². The van der Waals surface area contributed by atoms with Crippen molar-refractivity contribution in [1.29, 1.82) is 0 Å². The van der Waals surface area contributed by atoms with Crippen molar-refractivity contribution in [1.82, 2.24) is 0 Å². The monoisotopic (exact) mass is 381 g/mol. The number of ketones is 1. The number of hydrogen-bond acceptors (Lipinski definition) is 5. The van der Waals surface area contributed by atoms with Crippen LogP contribution in [0.3, 0.4) is 0 Å². The van der Waals surface area contributed by atoms with Crippen molar-refractivity contribution in [2.75, 3.05) is 18.5 Å². The van der Waals surface area contributed by atoms with Gasteiger partial charge in [0.15, 0.2) is 19.0 Å². The Hall–Kier alpha value is -3.15. The number of anilines is 1. The number of carbonyl (C=O) groups excluding carboxylic acids is 3. The van der Waals surface area contributed by atoms with Gasteiger partial charge in [-0.25, -0.2) is 0 Å². The highest BCUT2D eigenvalue weighted by atomic mass is 16.5. The van der Waals surface area contributed by atoms with Crippen LogP contribution in [0.15, 0.2) is 48.5 Å². The van der Waals surface area contributed by atoms with Crippen LogP contribution in [-0.4, -0.2) is 30.9 Å². The fourth-order valence-corrected chi connectivity index (χ4v) is 3.16. The van der Waals surface area contributed by atoms with E-state index >= 15 is 0 Å². The molecule has 28 heavy (non-hydrogen) atoms. The molecule has 1 heterocycles. The normalized spacial score (nSPS) is 14.9. The predicted octanol–water partition coefficient (Wildman–Crippen LogP) is 3.57. The third-order valence-corrected chi connectivity index (χ3v) is 4.91. The van der Waals surface area contributed by atoms with Crippen LogP contribution in [0.1, 0.15) is 42.1 Å². The van der Waals surface area contributed by atoms with Crippen LogP contribution in [0, 0.1) is 5.92 Å². The van der Waals surface area contributed by atoms with Crippen LogP contribution in [0.4, 0.5) is 5.69 Å². The van der Waals surface area contributed by atoms with Gasteiger partial charge in [0.25, 0.3) is 5.91 Å². The molecule has 0 fully saturated rings. The van der Waals surface area contributed by atoms with Crippen LogP contribution in [0.5, 0.6) is 5.75 Å². The molecule has 0 aliphatic carbocycles. The van der Waals surface area contributed by atoms with Crippen LogP contribution in [0.25, 0.3) is 0 Å². The van der Waals surface area contributed by atoms with E-state index in [0.29, 0.717) is 17.0 Å². The number of amides is 1. The summed E-state index contributed by atoms with van der Waals surface area (Å²) in [6.45, 7) is 3.61. The van der Waals surface area contributed by atoms with Crippen molar-refractivity contribution >= 4 is 23.3 Å². The van der Waals surface area contributed by atoms with Crippen molar-refractivity contribution in [3.8, 4) is 5.75 Å². The molecular weight excluding hydrogens is 358 g/mol.